The molecule has 0 aliphatic rings. The quantitative estimate of drug-likeness (QED) is 0.773. The topological polar surface area (TPSA) is 32.3 Å². The Hall–Kier alpha value is -1.02. The molecule has 2 heteroatoms. The Balaban J connectivity index is 2.62. The summed E-state index contributed by atoms with van der Waals surface area (Å²) in [5.41, 5.74) is 2.41. The second kappa shape index (κ2) is 5.90. The third-order valence-corrected chi connectivity index (χ3v) is 3.52. The normalized spacial score (nSPS) is 11.5. The van der Waals surface area contributed by atoms with Gasteiger partial charge in [-0.3, -0.25) is 0 Å². The van der Waals surface area contributed by atoms with Crippen LogP contribution in [0.25, 0.3) is 0 Å². The number of rotatable bonds is 6. The summed E-state index contributed by atoms with van der Waals surface area (Å²) >= 11 is 0. The number of aliphatic hydroxyl groups excluding tert-OH is 1. The monoisotopic (exact) mass is 221 g/mol. The van der Waals surface area contributed by atoms with Crippen molar-refractivity contribution in [2.24, 2.45) is 5.41 Å². The molecule has 1 aromatic rings. The highest BCUT2D eigenvalue weighted by Crippen LogP contribution is 2.26. The molecule has 2 nitrogen and oxygen atoms in total. The summed E-state index contributed by atoms with van der Waals surface area (Å²) in [4.78, 5) is 0. The Bertz CT molecular complexity index is 310. The van der Waals surface area contributed by atoms with Crippen molar-refractivity contribution in [1.29, 1.82) is 0 Å². The fraction of sp³-hybridized carbons (Fsp3) is 0.571. The van der Waals surface area contributed by atoms with E-state index >= 15 is 0 Å². The van der Waals surface area contributed by atoms with Crippen molar-refractivity contribution in [2.75, 3.05) is 18.5 Å². The lowest BCUT2D eigenvalue weighted by Gasteiger charge is -2.30. The molecule has 0 spiro atoms. The van der Waals surface area contributed by atoms with E-state index in [-0.39, 0.29) is 12.0 Å². The van der Waals surface area contributed by atoms with Crippen LogP contribution in [0, 0.1) is 12.3 Å². The highest BCUT2D eigenvalue weighted by Gasteiger charge is 2.24. The first-order chi connectivity index (χ1) is 7.65. The number of aliphatic hydroxyl groups is 1. The smallest absolute Gasteiger partial charge is 0.0504 e. The molecule has 1 rings (SSSR count). The van der Waals surface area contributed by atoms with E-state index in [4.69, 9.17) is 0 Å². The summed E-state index contributed by atoms with van der Waals surface area (Å²) in [7, 11) is 0. The summed E-state index contributed by atoms with van der Waals surface area (Å²) in [5.74, 6) is 0. The fourth-order valence-corrected chi connectivity index (χ4v) is 1.82. The number of hydrogen-bond donors (Lipinski definition) is 2. The lowest BCUT2D eigenvalue weighted by Crippen LogP contribution is -2.32. The van der Waals surface area contributed by atoms with Crippen molar-refractivity contribution < 1.29 is 5.11 Å². The highest BCUT2D eigenvalue weighted by atomic mass is 16.3. The van der Waals surface area contributed by atoms with Crippen molar-refractivity contribution >= 4 is 5.69 Å². The zero-order chi connectivity index (χ0) is 12.0. The van der Waals surface area contributed by atoms with Crippen molar-refractivity contribution in [3.63, 3.8) is 0 Å². The van der Waals surface area contributed by atoms with Crippen LogP contribution in [0.2, 0.25) is 0 Å². The first-order valence-electron chi connectivity index (χ1n) is 6.07. The lowest BCUT2D eigenvalue weighted by atomic mass is 9.83. The molecular weight excluding hydrogens is 198 g/mol. The number of benzene rings is 1. The van der Waals surface area contributed by atoms with Crippen LogP contribution in [0.1, 0.15) is 32.3 Å². The van der Waals surface area contributed by atoms with Crippen molar-refractivity contribution in [3.05, 3.63) is 29.8 Å². The summed E-state index contributed by atoms with van der Waals surface area (Å²) in [6.07, 6.45) is 2.00. The second-order valence-corrected chi connectivity index (χ2v) is 4.59. The zero-order valence-electron chi connectivity index (χ0n) is 10.6. The standard InChI is InChI=1S/C14H23NO/c1-4-14(5-2,11-16)10-15-13-8-6-7-12(3)9-13/h6-9,15-16H,4-5,10-11H2,1-3H3. The largest absolute Gasteiger partial charge is 0.396 e. The lowest BCUT2D eigenvalue weighted by molar-refractivity contribution is 0.127. The molecular formula is C14H23NO. The van der Waals surface area contributed by atoms with Crippen molar-refractivity contribution in [3.8, 4) is 0 Å². The van der Waals surface area contributed by atoms with Gasteiger partial charge in [0.15, 0.2) is 0 Å². The molecule has 0 heterocycles. The number of hydrogen-bond acceptors (Lipinski definition) is 2. The summed E-state index contributed by atoms with van der Waals surface area (Å²) in [6.45, 7) is 7.44. The van der Waals surface area contributed by atoms with Crippen LogP contribution in [-0.2, 0) is 0 Å². The van der Waals surface area contributed by atoms with Gasteiger partial charge >= 0.3 is 0 Å². The first kappa shape index (κ1) is 13.0. The van der Waals surface area contributed by atoms with Crippen LogP contribution < -0.4 is 5.32 Å². The predicted molar refractivity (Wildman–Crippen MR) is 69.8 cm³/mol. The summed E-state index contributed by atoms with van der Waals surface area (Å²) in [5, 5.41) is 12.9. The van der Waals surface area contributed by atoms with E-state index in [1.807, 2.05) is 0 Å². The number of nitrogens with one attached hydrogen (secondary N) is 1. The molecule has 0 saturated carbocycles. The number of aryl methyl sites for hydroxylation is 1. The molecule has 0 amide bonds. The molecule has 0 aliphatic carbocycles. The molecule has 0 saturated heterocycles. The van der Waals surface area contributed by atoms with E-state index in [2.05, 4.69) is 50.4 Å². The minimum Gasteiger partial charge on any atom is -0.396 e. The van der Waals surface area contributed by atoms with E-state index in [0.717, 1.165) is 25.1 Å². The minimum absolute atomic E-state index is 0.0176. The van der Waals surface area contributed by atoms with Crippen LogP contribution in [0.3, 0.4) is 0 Å². The van der Waals surface area contributed by atoms with Crippen LogP contribution in [0.5, 0.6) is 0 Å². The molecule has 0 unspecified atom stereocenters. The van der Waals surface area contributed by atoms with Gasteiger partial charge in [0.25, 0.3) is 0 Å². The average Bonchev–Trinajstić information content (AvgIpc) is 2.32. The van der Waals surface area contributed by atoms with E-state index in [1.54, 1.807) is 0 Å². The van der Waals surface area contributed by atoms with Gasteiger partial charge in [0.1, 0.15) is 0 Å². The Labute approximate surface area is 98.7 Å². The third-order valence-electron chi connectivity index (χ3n) is 3.52. The maximum absolute atomic E-state index is 9.47. The molecule has 16 heavy (non-hydrogen) atoms. The van der Waals surface area contributed by atoms with Crippen molar-refractivity contribution in [1.82, 2.24) is 0 Å². The Morgan fingerprint density at radius 1 is 1.25 bits per heavy atom. The molecule has 0 radical (unpaired) electrons. The SMILES string of the molecule is CCC(CC)(CO)CNc1cccc(C)c1. The summed E-state index contributed by atoms with van der Waals surface area (Å²) in [6, 6.07) is 8.34. The summed E-state index contributed by atoms with van der Waals surface area (Å²) < 4.78 is 0. The average molecular weight is 221 g/mol. The third kappa shape index (κ3) is 3.24. The van der Waals surface area contributed by atoms with Gasteiger partial charge in [0, 0.05) is 17.6 Å². The Morgan fingerprint density at radius 3 is 2.44 bits per heavy atom. The molecule has 0 aromatic heterocycles. The second-order valence-electron chi connectivity index (χ2n) is 4.59. The molecule has 0 aliphatic heterocycles. The number of anilines is 1. The Kier molecular flexibility index (Phi) is 4.81. The zero-order valence-corrected chi connectivity index (χ0v) is 10.6. The highest BCUT2D eigenvalue weighted by molar-refractivity contribution is 5.45. The van der Waals surface area contributed by atoms with Crippen LogP contribution >= 0.6 is 0 Å². The van der Waals surface area contributed by atoms with Gasteiger partial charge in [0.2, 0.25) is 0 Å². The molecule has 0 fully saturated rings. The molecule has 90 valence electrons. The van der Waals surface area contributed by atoms with E-state index in [9.17, 15) is 5.11 Å². The van der Waals surface area contributed by atoms with Gasteiger partial charge in [-0.05, 0) is 37.5 Å². The maximum Gasteiger partial charge on any atom is 0.0504 e. The first-order valence-corrected chi connectivity index (χ1v) is 6.07. The van der Waals surface area contributed by atoms with Gasteiger partial charge in [0.05, 0.1) is 6.61 Å². The van der Waals surface area contributed by atoms with Gasteiger partial charge < -0.3 is 10.4 Å². The molecule has 1 aromatic carbocycles. The molecule has 2 N–H and O–H groups in total. The van der Waals surface area contributed by atoms with E-state index < -0.39 is 0 Å². The van der Waals surface area contributed by atoms with Gasteiger partial charge in [-0.25, -0.2) is 0 Å². The van der Waals surface area contributed by atoms with Crippen LogP contribution in [0.15, 0.2) is 24.3 Å². The van der Waals surface area contributed by atoms with Gasteiger partial charge in [-0.15, -0.1) is 0 Å². The molecule has 0 bridgehead atoms. The van der Waals surface area contributed by atoms with Crippen molar-refractivity contribution in [2.45, 2.75) is 33.6 Å². The van der Waals surface area contributed by atoms with E-state index in [0.29, 0.717) is 0 Å². The Morgan fingerprint density at radius 2 is 1.94 bits per heavy atom. The fourth-order valence-electron chi connectivity index (χ4n) is 1.82. The van der Waals surface area contributed by atoms with Crippen LogP contribution in [0.4, 0.5) is 5.69 Å². The van der Waals surface area contributed by atoms with Crippen LogP contribution in [-0.4, -0.2) is 18.3 Å². The van der Waals surface area contributed by atoms with Gasteiger partial charge in [-0.2, -0.15) is 0 Å². The van der Waals surface area contributed by atoms with Gasteiger partial charge in [-0.1, -0.05) is 26.0 Å². The minimum atomic E-state index is 0.0176. The molecule has 0 atom stereocenters. The predicted octanol–water partition coefficient (Wildman–Crippen LogP) is 3.21. The maximum atomic E-state index is 9.47. The van der Waals surface area contributed by atoms with E-state index in [1.165, 1.54) is 5.56 Å².